The maximum Gasteiger partial charge on any atom is 0.410 e. The quantitative estimate of drug-likeness (QED) is 0.301. The Kier molecular flexibility index (Phi) is 9.97. The number of thioether (sulfide) groups is 1. The van der Waals surface area contributed by atoms with Crippen LogP contribution >= 0.6 is 11.8 Å². The summed E-state index contributed by atoms with van der Waals surface area (Å²) in [6, 6.07) is -2.42. The number of piperazine rings is 1. The number of phenols is 1. The molecule has 3 fully saturated rings. The van der Waals surface area contributed by atoms with Gasteiger partial charge in [0, 0.05) is 47.5 Å². The first-order valence-electron chi connectivity index (χ1n) is 19.3. The Labute approximate surface area is 335 Å². The van der Waals surface area contributed by atoms with Gasteiger partial charge >= 0.3 is 18.0 Å². The van der Waals surface area contributed by atoms with Gasteiger partial charge in [0.05, 0.1) is 30.5 Å². The summed E-state index contributed by atoms with van der Waals surface area (Å²) >= 11 is 1.33. The Bertz CT molecular complexity index is 2040. The number of methoxy groups -OCH3 is 1. The van der Waals surface area contributed by atoms with Crippen molar-refractivity contribution in [1.82, 2.24) is 20.0 Å². The van der Waals surface area contributed by atoms with E-state index >= 15 is 0 Å². The fourth-order valence-electron chi connectivity index (χ4n) is 9.72. The average molecular weight is 811 g/mol. The van der Waals surface area contributed by atoms with E-state index < -0.39 is 77.3 Å². The van der Waals surface area contributed by atoms with Gasteiger partial charge in [0.2, 0.25) is 12.7 Å². The number of hydrogen-bond donors (Lipinski definition) is 3. The molecule has 308 valence electrons. The monoisotopic (exact) mass is 810 g/mol. The number of benzene rings is 2. The Morgan fingerprint density at radius 2 is 1.79 bits per heavy atom. The molecule has 2 aromatic carbocycles. The van der Waals surface area contributed by atoms with Crippen LogP contribution in [0.15, 0.2) is 6.07 Å². The van der Waals surface area contributed by atoms with Crippen LogP contribution in [0.25, 0.3) is 0 Å². The molecule has 16 nitrogen and oxygen atoms in total. The van der Waals surface area contributed by atoms with Gasteiger partial charge < -0.3 is 44.0 Å². The number of rotatable bonds is 4. The second-order valence-corrected chi connectivity index (χ2v) is 17.8. The van der Waals surface area contributed by atoms with E-state index in [-0.39, 0.29) is 30.7 Å². The van der Waals surface area contributed by atoms with E-state index in [4.69, 9.17) is 28.4 Å². The Balaban J connectivity index is 1.26. The molecule has 1 unspecified atom stereocenters. The van der Waals surface area contributed by atoms with E-state index in [9.17, 15) is 29.4 Å². The molecule has 7 heterocycles. The molecule has 2 amide bonds. The van der Waals surface area contributed by atoms with E-state index in [0.717, 1.165) is 11.1 Å². The lowest BCUT2D eigenvalue weighted by Gasteiger charge is -2.62. The van der Waals surface area contributed by atoms with E-state index in [2.05, 4.69) is 10.2 Å². The molecule has 57 heavy (non-hydrogen) atoms. The first-order chi connectivity index (χ1) is 27.0. The third-order valence-electron chi connectivity index (χ3n) is 12.0. The smallest absolute Gasteiger partial charge is 0.410 e. The molecule has 3 saturated heterocycles. The van der Waals surface area contributed by atoms with Gasteiger partial charge in [-0.1, -0.05) is 6.07 Å². The van der Waals surface area contributed by atoms with Crippen molar-refractivity contribution in [1.29, 1.82) is 0 Å². The number of likely N-dealkylation sites (N-methyl/N-ethyl adjacent to an activating group) is 1. The number of aliphatic hydroxyl groups is 1. The molecule has 0 saturated carbocycles. The Morgan fingerprint density at radius 1 is 1.05 bits per heavy atom. The van der Waals surface area contributed by atoms with Crippen molar-refractivity contribution in [3.8, 4) is 28.7 Å². The number of phenolic OH excluding ortho intramolecular Hbond substituents is 1. The third kappa shape index (κ3) is 6.41. The van der Waals surface area contributed by atoms with Gasteiger partial charge in [-0.05, 0) is 72.1 Å². The molecule has 7 aliphatic rings. The number of nitrogens with one attached hydrogen (secondary N) is 1. The molecule has 0 spiro atoms. The zero-order chi connectivity index (χ0) is 40.8. The van der Waals surface area contributed by atoms with Crippen LogP contribution in [0.5, 0.6) is 28.7 Å². The molecule has 8 atom stereocenters. The lowest BCUT2D eigenvalue weighted by atomic mass is 9.73. The zero-order valence-electron chi connectivity index (χ0n) is 33.4. The second kappa shape index (κ2) is 14.4. The lowest BCUT2D eigenvalue weighted by Crippen LogP contribution is -2.69. The maximum atomic E-state index is 14.1. The van der Waals surface area contributed by atoms with Crippen molar-refractivity contribution < 1.29 is 57.8 Å². The molecule has 7 aliphatic heterocycles. The molecular formula is C40H50N4O12S. The van der Waals surface area contributed by atoms with Crippen LogP contribution in [-0.2, 0) is 30.3 Å². The van der Waals surface area contributed by atoms with E-state index in [1.54, 1.807) is 27.7 Å². The van der Waals surface area contributed by atoms with E-state index in [1.807, 2.05) is 24.9 Å². The van der Waals surface area contributed by atoms with Gasteiger partial charge in [-0.15, -0.1) is 11.8 Å². The summed E-state index contributed by atoms with van der Waals surface area (Å²) in [5.74, 6) is -0.317. The fourth-order valence-corrected chi connectivity index (χ4v) is 11.2. The minimum Gasteiger partial charge on any atom is -0.504 e. The molecule has 17 heteroatoms. The van der Waals surface area contributed by atoms with Crippen LogP contribution in [-0.4, -0.2) is 125 Å². The number of hydrogen-bond acceptors (Lipinski definition) is 15. The SMILES string of the molecule is COc1c(C)cc2c(c1O)[C@@H]1C3[C@@H]4SC[C@H](NC(=O)[C@@H]5CCCN5C(=O)OC(C)(C)C)C(=O)OC[C@@H](c5c6c(c(C)c(OC(C)=O)c54)OCO6)N3[C@@H](O)[C@H](C2)N1C. The number of ether oxygens (including phenoxy) is 6. The summed E-state index contributed by atoms with van der Waals surface area (Å²) in [6.07, 6.45) is -0.287. The fraction of sp³-hybridized carbons (Fsp3) is 0.600. The molecule has 3 N–H and O–H groups in total. The third-order valence-corrected chi connectivity index (χ3v) is 13.4. The number of carbonyl (C=O) groups excluding carboxylic acids is 4. The standard InChI is InChI=1S/C40H50N4O12S/c1-17-12-20-13-23-37(48)44-24-14-52-38(49)21(41-36(47)22-10-9-11-43(22)39(50)56-40(4,5)6)15-57-35(29(44)28(42(23)7)25(20)30(46)31(17)51-8)27-26(24)34-33(53-16-54-34)18(2)32(27)55-19(3)45/h12,21-24,28-29,35,37,46,48H,9-11,13-16H2,1-8H3,(H,41,47)/t21-,22-,23-,24-,28+,29?,35+,37-/m0/s1. The predicted molar refractivity (Wildman–Crippen MR) is 204 cm³/mol. The van der Waals surface area contributed by atoms with E-state index in [0.29, 0.717) is 65.3 Å². The number of likely N-dealkylation sites (tertiary alicyclic amines) is 1. The lowest BCUT2D eigenvalue weighted by molar-refractivity contribution is -0.184. The van der Waals surface area contributed by atoms with Crippen molar-refractivity contribution in [3.05, 3.63) is 39.4 Å². The number of aryl methyl sites for hydroxylation is 1. The summed E-state index contributed by atoms with van der Waals surface area (Å²) in [5, 5.41) is 26.7. The molecule has 9 rings (SSSR count). The average Bonchev–Trinajstić information content (AvgIpc) is 3.83. The summed E-state index contributed by atoms with van der Waals surface area (Å²) in [7, 11) is 3.43. The van der Waals surface area contributed by atoms with Crippen molar-refractivity contribution in [2.24, 2.45) is 0 Å². The number of amides is 2. The molecular weight excluding hydrogens is 761 g/mol. The number of aliphatic hydroxyl groups excluding tert-OH is 1. The predicted octanol–water partition coefficient (Wildman–Crippen LogP) is 3.54. The van der Waals surface area contributed by atoms with Crippen molar-refractivity contribution >= 4 is 35.7 Å². The highest BCUT2D eigenvalue weighted by Crippen LogP contribution is 2.64. The number of aromatic hydroxyl groups is 1. The summed E-state index contributed by atoms with van der Waals surface area (Å²) in [6.45, 7) is 10.2. The van der Waals surface area contributed by atoms with E-state index in [1.165, 1.54) is 30.7 Å². The molecule has 4 bridgehead atoms. The number of esters is 2. The molecule has 0 aromatic heterocycles. The van der Waals surface area contributed by atoms with Crippen LogP contribution in [0.3, 0.4) is 0 Å². The first-order valence-corrected chi connectivity index (χ1v) is 20.4. The van der Waals surface area contributed by atoms with Crippen LogP contribution in [0.2, 0.25) is 0 Å². The van der Waals surface area contributed by atoms with Crippen molar-refractivity contribution in [2.75, 3.05) is 39.9 Å². The van der Waals surface area contributed by atoms with Gasteiger partial charge in [0.25, 0.3) is 0 Å². The molecule has 0 radical (unpaired) electrons. The number of fused-ring (bicyclic) bond motifs is 10. The van der Waals surface area contributed by atoms with Crippen molar-refractivity contribution in [3.63, 3.8) is 0 Å². The largest absolute Gasteiger partial charge is 0.504 e. The summed E-state index contributed by atoms with van der Waals surface area (Å²) < 4.78 is 35.5. The van der Waals surface area contributed by atoms with Gasteiger partial charge in [0.1, 0.15) is 36.3 Å². The molecule has 0 aliphatic carbocycles. The summed E-state index contributed by atoms with van der Waals surface area (Å²) in [4.78, 5) is 59.4. The van der Waals surface area contributed by atoms with Crippen molar-refractivity contribution in [2.45, 2.75) is 114 Å². The minimum absolute atomic E-state index is 0.00185. The van der Waals surface area contributed by atoms with Crippen LogP contribution in [0.1, 0.15) is 91.3 Å². The zero-order valence-corrected chi connectivity index (χ0v) is 34.2. The highest BCUT2D eigenvalue weighted by Gasteiger charge is 2.60. The maximum absolute atomic E-state index is 14.1. The first kappa shape index (κ1) is 39.4. The Hall–Kier alpha value is -4.45. The molecule has 2 aromatic rings. The van der Waals surface area contributed by atoms with Crippen LogP contribution in [0.4, 0.5) is 4.79 Å². The normalized spacial score (nSPS) is 29.1. The Morgan fingerprint density at radius 3 is 2.49 bits per heavy atom. The highest BCUT2D eigenvalue weighted by molar-refractivity contribution is 7.99. The van der Waals surface area contributed by atoms with Gasteiger partial charge in [0.15, 0.2) is 23.0 Å². The van der Waals surface area contributed by atoms with Crippen LogP contribution in [0, 0.1) is 13.8 Å². The van der Waals surface area contributed by atoms with Gasteiger partial charge in [-0.2, -0.15) is 0 Å². The summed E-state index contributed by atoms with van der Waals surface area (Å²) in [5.41, 5.74) is 3.25. The number of carbonyl (C=O) groups is 4. The minimum atomic E-state index is -1.14. The van der Waals surface area contributed by atoms with Crippen LogP contribution < -0.4 is 24.3 Å². The number of nitrogens with zero attached hydrogens (tertiary/aromatic N) is 3. The topological polar surface area (TPSA) is 186 Å². The van der Waals surface area contributed by atoms with Gasteiger partial charge in [-0.3, -0.25) is 24.3 Å². The second-order valence-electron chi connectivity index (χ2n) is 16.6. The van der Waals surface area contributed by atoms with Gasteiger partial charge in [-0.25, -0.2) is 9.59 Å². The highest BCUT2D eigenvalue weighted by atomic mass is 32.2.